The summed E-state index contributed by atoms with van der Waals surface area (Å²) in [7, 11) is 0. The van der Waals surface area contributed by atoms with Crippen LogP contribution < -0.4 is 0 Å². The highest BCUT2D eigenvalue weighted by molar-refractivity contribution is 8.00. The van der Waals surface area contributed by atoms with Gasteiger partial charge in [0.15, 0.2) is 0 Å². The van der Waals surface area contributed by atoms with Crippen LogP contribution in [0.2, 0.25) is 0 Å². The number of hydrogen-bond donors (Lipinski definition) is 0. The van der Waals surface area contributed by atoms with E-state index in [-0.39, 0.29) is 5.91 Å². The van der Waals surface area contributed by atoms with Gasteiger partial charge in [-0.05, 0) is 18.6 Å². The van der Waals surface area contributed by atoms with Crippen molar-refractivity contribution in [2.24, 2.45) is 0 Å². The zero-order valence-electron chi connectivity index (χ0n) is 8.30. The van der Waals surface area contributed by atoms with Gasteiger partial charge in [0.2, 0.25) is 0 Å². The normalized spacial score (nSPS) is 28.4. The van der Waals surface area contributed by atoms with Crippen molar-refractivity contribution in [1.29, 1.82) is 0 Å². The van der Waals surface area contributed by atoms with Crippen molar-refractivity contribution < 1.29 is 4.79 Å². The summed E-state index contributed by atoms with van der Waals surface area (Å²) in [4.78, 5) is 18.1. The number of likely N-dealkylation sites (tertiary alicyclic amines) is 1. The molecular formula is C11H12N2OS. The topological polar surface area (TPSA) is 33.2 Å². The molecule has 2 atom stereocenters. The fourth-order valence-electron chi connectivity index (χ4n) is 2.31. The van der Waals surface area contributed by atoms with Crippen LogP contribution in [0.5, 0.6) is 0 Å². The van der Waals surface area contributed by atoms with Gasteiger partial charge in [0.05, 0.1) is 0 Å². The van der Waals surface area contributed by atoms with E-state index in [1.54, 1.807) is 24.5 Å². The summed E-state index contributed by atoms with van der Waals surface area (Å²) in [6.07, 6.45) is 4.54. The minimum Gasteiger partial charge on any atom is -0.334 e. The van der Waals surface area contributed by atoms with Crippen molar-refractivity contribution in [3.63, 3.8) is 0 Å². The fraction of sp³-hybridized carbons (Fsp3) is 0.455. The van der Waals surface area contributed by atoms with E-state index >= 15 is 0 Å². The Morgan fingerprint density at radius 2 is 2.27 bits per heavy atom. The predicted molar refractivity (Wildman–Crippen MR) is 59.9 cm³/mol. The third-order valence-electron chi connectivity index (χ3n) is 3.09. The molecule has 2 saturated heterocycles. The Bertz CT molecular complexity index is 381. The van der Waals surface area contributed by atoms with Crippen molar-refractivity contribution in [3.8, 4) is 0 Å². The lowest BCUT2D eigenvalue weighted by atomic mass is 10.2. The Morgan fingerprint density at radius 3 is 2.87 bits per heavy atom. The zero-order valence-corrected chi connectivity index (χ0v) is 9.11. The lowest BCUT2D eigenvalue weighted by molar-refractivity contribution is 0.0747. The maximum Gasteiger partial charge on any atom is 0.254 e. The summed E-state index contributed by atoms with van der Waals surface area (Å²) >= 11 is 2.00. The predicted octanol–water partition coefficient (Wildman–Crippen LogP) is 1.41. The number of carbonyl (C=O) groups excluding carboxylic acids is 1. The van der Waals surface area contributed by atoms with Crippen molar-refractivity contribution in [1.82, 2.24) is 9.88 Å². The average Bonchev–Trinajstić information content (AvgIpc) is 2.91. The first-order valence-corrected chi connectivity index (χ1v) is 6.22. The lowest BCUT2D eigenvalue weighted by Crippen LogP contribution is -2.39. The van der Waals surface area contributed by atoms with E-state index < -0.39 is 0 Å². The summed E-state index contributed by atoms with van der Waals surface area (Å²) in [6, 6.07) is 4.06. The number of hydrogen-bond acceptors (Lipinski definition) is 3. The fourth-order valence-corrected chi connectivity index (χ4v) is 3.74. The molecule has 4 heteroatoms. The summed E-state index contributed by atoms with van der Waals surface area (Å²) in [5.74, 6) is 1.28. The molecule has 0 aliphatic carbocycles. The molecule has 0 radical (unpaired) electrons. The SMILES string of the molecule is O=C(c1ccncc1)N1CC2CC1CS2. The van der Waals surface area contributed by atoms with Crippen molar-refractivity contribution in [3.05, 3.63) is 30.1 Å². The molecule has 1 aromatic rings. The van der Waals surface area contributed by atoms with E-state index in [2.05, 4.69) is 4.98 Å². The Balaban J connectivity index is 1.81. The first-order valence-electron chi connectivity index (χ1n) is 5.17. The summed E-state index contributed by atoms with van der Waals surface area (Å²) in [6.45, 7) is 0.927. The van der Waals surface area contributed by atoms with Crippen LogP contribution in [0.15, 0.2) is 24.5 Å². The molecule has 1 amide bonds. The third-order valence-corrected chi connectivity index (χ3v) is 4.48. The van der Waals surface area contributed by atoms with E-state index in [0.29, 0.717) is 11.3 Å². The molecule has 3 nitrogen and oxygen atoms in total. The van der Waals surface area contributed by atoms with Crippen LogP contribution in [0.25, 0.3) is 0 Å². The molecule has 2 unspecified atom stereocenters. The zero-order chi connectivity index (χ0) is 10.3. The second-order valence-corrected chi connectivity index (χ2v) is 5.37. The van der Waals surface area contributed by atoms with E-state index in [0.717, 1.165) is 17.9 Å². The number of fused-ring (bicyclic) bond motifs is 2. The van der Waals surface area contributed by atoms with Crippen LogP contribution in [0, 0.1) is 0 Å². The van der Waals surface area contributed by atoms with Gasteiger partial charge in [-0.3, -0.25) is 9.78 Å². The smallest absolute Gasteiger partial charge is 0.254 e. The Labute approximate surface area is 92.9 Å². The summed E-state index contributed by atoms with van der Waals surface area (Å²) < 4.78 is 0. The number of rotatable bonds is 1. The van der Waals surface area contributed by atoms with E-state index in [1.807, 2.05) is 16.7 Å². The summed E-state index contributed by atoms with van der Waals surface area (Å²) in [5, 5.41) is 0.681. The van der Waals surface area contributed by atoms with Crippen molar-refractivity contribution in [2.45, 2.75) is 17.7 Å². The molecule has 2 fully saturated rings. The quantitative estimate of drug-likeness (QED) is 0.717. The van der Waals surface area contributed by atoms with Crippen LogP contribution in [-0.2, 0) is 0 Å². The number of amides is 1. The molecule has 3 heterocycles. The van der Waals surface area contributed by atoms with E-state index in [1.165, 1.54) is 6.42 Å². The highest BCUT2D eigenvalue weighted by atomic mass is 32.2. The van der Waals surface area contributed by atoms with Crippen molar-refractivity contribution in [2.75, 3.05) is 12.3 Å². The Kier molecular flexibility index (Phi) is 2.16. The van der Waals surface area contributed by atoms with Gasteiger partial charge < -0.3 is 4.90 Å². The first-order chi connectivity index (χ1) is 7.34. The molecule has 1 aromatic heterocycles. The average molecular weight is 220 g/mol. The second-order valence-electron chi connectivity index (χ2n) is 4.04. The van der Waals surface area contributed by atoms with Gasteiger partial charge in [-0.1, -0.05) is 0 Å². The maximum absolute atomic E-state index is 12.1. The van der Waals surface area contributed by atoms with Gasteiger partial charge in [0.1, 0.15) is 0 Å². The molecule has 0 aromatic carbocycles. The molecule has 0 saturated carbocycles. The van der Waals surface area contributed by atoms with E-state index in [9.17, 15) is 4.79 Å². The minimum atomic E-state index is 0.171. The Hall–Kier alpha value is -1.03. The van der Waals surface area contributed by atoms with Gasteiger partial charge in [-0.15, -0.1) is 0 Å². The van der Waals surface area contributed by atoms with Crippen LogP contribution in [0.3, 0.4) is 0 Å². The first kappa shape index (κ1) is 9.21. The number of aromatic nitrogens is 1. The molecule has 78 valence electrons. The van der Waals surface area contributed by atoms with Crippen LogP contribution in [-0.4, -0.2) is 39.4 Å². The minimum absolute atomic E-state index is 0.171. The van der Waals surface area contributed by atoms with Gasteiger partial charge in [-0.25, -0.2) is 0 Å². The monoisotopic (exact) mass is 220 g/mol. The number of carbonyl (C=O) groups is 1. The second kappa shape index (κ2) is 3.52. The van der Waals surface area contributed by atoms with Gasteiger partial charge in [0.25, 0.3) is 5.91 Å². The third kappa shape index (κ3) is 1.53. The van der Waals surface area contributed by atoms with Crippen LogP contribution in [0.1, 0.15) is 16.8 Å². The Morgan fingerprint density at radius 1 is 1.47 bits per heavy atom. The molecular weight excluding hydrogens is 208 g/mol. The molecule has 2 bridgehead atoms. The molecule has 15 heavy (non-hydrogen) atoms. The highest BCUT2D eigenvalue weighted by Crippen LogP contribution is 2.37. The standard InChI is InChI=1S/C11H12N2OS/c14-11(8-1-3-12-4-2-8)13-6-10-5-9(13)7-15-10/h1-4,9-10H,5-7H2. The molecule has 3 rings (SSSR count). The maximum atomic E-state index is 12.1. The van der Waals surface area contributed by atoms with Crippen LogP contribution >= 0.6 is 11.8 Å². The van der Waals surface area contributed by atoms with Gasteiger partial charge >= 0.3 is 0 Å². The van der Waals surface area contributed by atoms with Crippen LogP contribution in [0.4, 0.5) is 0 Å². The number of thioether (sulfide) groups is 1. The largest absolute Gasteiger partial charge is 0.334 e. The van der Waals surface area contributed by atoms with Crippen molar-refractivity contribution >= 4 is 17.7 Å². The molecule has 2 aliphatic heterocycles. The highest BCUT2D eigenvalue weighted by Gasteiger charge is 2.40. The van der Waals surface area contributed by atoms with Gasteiger partial charge in [-0.2, -0.15) is 11.8 Å². The van der Waals surface area contributed by atoms with E-state index in [4.69, 9.17) is 0 Å². The number of nitrogens with zero attached hydrogens (tertiary/aromatic N) is 2. The molecule has 0 N–H and O–H groups in total. The van der Waals surface area contributed by atoms with Gasteiger partial charge in [0, 0.05) is 41.5 Å². The summed E-state index contributed by atoms with van der Waals surface area (Å²) in [5.41, 5.74) is 0.766. The molecule has 0 spiro atoms. The number of pyridine rings is 1. The lowest BCUT2D eigenvalue weighted by Gasteiger charge is -2.26. The molecule has 2 aliphatic rings.